The Kier molecular flexibility index (Phi) is 3.67. The number of hydrogen-bond acceptors (Lipinski definition) is 7. The van der Waals surface area contributed by atoms with Crippen LogP contribution in [0.2, 0.25) is 0 Å². The fraction of sp³-hybridized carbons (Fsp3) is 0.556. The molecule has 4 N–H and O–H groups in total. The molecule has 0 spiro atoms. The molecule has 0 saturated carbocycles. The van der Waals surface area contributed by atoms with Crippen LogP contribution in [0.4, 0.5) is 5.82 Å². The summed E-state index contributed by atoms with van der Waals surface area (Å²) in [4.78, 5) is 17.8. The summed E-state index contributed by atoms with van der Waals surface area (Å²) in [5, 5.41) is 22.3. The van der Waals surface area contributed by atoms with Gasteiger partial charge in [0, 0.05) is 11.1 Å². The first kappa shape index (κ1) is 13.3. The SMILES string of the molecule is [N-]=[N+]=N[C@@H]1[C@H](O)[C@@H](CO)O[C@H]1n1ccc(N)nc1=O. The first-order valence-corrected chi connectivity index (χ1v) is 5.41. The monoisotopic (exact) mass is 268 g/mol. The lowest BCUT2D eigenvalue weighted by Crippen LogP contribution is -2.34. The van der Waals surface area contributed by atoms with Crippen LogP contribution >= 0.6 is 0 Å². The van der Waals surface area contributed by atoms with Crippen LogP contribution in [-0.4, -0.2) is 44.6 Å². The summed E-state index contributed by atoms with van der Waals surface area (Å²) in [5.74, 6) is 0.0406. The van der Waals surface area contributed by atoms with Gasteiger partial charge in [-0.25, -0.2) is 4.79 Å². The van der Waals surface area contributed by atoms with Crippen LogP contribution in [0.25, 0.3) is 10.4 Å². The number of hydrogen-bond donors (Lipinski definition) is 3. The number of nitrogens with two attached hydrogens (primary N) is 1. The molecule has 0 amide bonds. The standard InChI is InChI=1S/C9H12N6O4/c10-5-1-2-15(9(18)12-5)8-6(13-14-11)7(17)4(3-16)19-8/h1-2,4,6-8,16-17H,3H2,(H2,10,12,18)/t4-,6-,7-,8-/m1/s1. The second-order valence-electron chi connectivity index (χ2n) is 3.98. The third-order valence-electron chi connectivity index (χ3n) is 2.83. The van der Waals surface area contributed by atoms with Gasteiger partial charge in [-0.1, -0.05) is 5.11 Å². The summed E-state index contributed by atoms with van der Waals surface area (Å²) in [6.45, 7) is -0.466. The molecule has 0 aliphatic carbocycles. The molecule has 1 saturated heterocycles. The van der Waals surface area contributed by atoms with Crippen LogP contribution in [0.1, 0.15) is 6.23 Å². The smallest absolute Gasteiger partial charge is 0.351 e. The molecule has 1 aliphatic rings. The van der Waals surface area contributed by atoms with Gasteiger partial charge in [0.05, 0.1) is 12.7 Å². The molecule has 1 fully saturated rings. The first-order chi connectivity index (χ1) is 9.08. The van der Waals surface area contributed by atoms with Crippen LogP contribution < -0.4 is 11.4 Å². The van der Waals surface area contributed by atoms with E-state index in [-0.39, 0.29) is 5.82 Å². The summed E-state index contributed by atoms with van der Waals surface area (Å²) in [5.41, 5.74) is 13.2. The minimum absolute atomic E-state index is 0.0406. The van der Waals surface area contributed by atoms with Crippen molar-refractivity contribution in [3.63, 3.8) is 0 Å². The van der Waals surface area contributed by atoms with Gasteiger partial charge < -0.3 is 20.7 Å². The molecular weight excluding hydrogens is 256 g/mol. The Morgan fingerprint density at radius 3 is 3.00 bits per heavy atom. The normalized spacial score (nSPS) is 30.0. The van der Waals surface area contributed by atoms with Gasteiger partial charge in [-0.15, -0.1) is 0 Å². The molecule has 1 aliphatic heterocycles. The van der Waals surface area contributed by atoms with Crippen molar-refractivity contribution >= 4 is 5.82 Å². The van der Waals surface area contributed by atoms with E-state index in [1.807, 2.05) is 0 Å². The van der Waals surface area contributed by atoms with Crippen LogP contribution in [0.3, 0.4) is 0 Å². The largest absolute Gasteiger partial charge is 0.394 e. The molecule has 102 valence electrons. The molecule has 1 aromatic heterocycles. The summed E-state index contributed by atoms with van der Waals surface area (Å²) in [6.07, 6.45) is -1.87. The van der Waals surface area contributed by atoms with Gasteiger partial charge in [0.25, 0.3) is 0 Å². The van der Waals surface area contributed by atoms with Gasteiger partial charge in [0.2, 0.25) is 0 Å². The van der Waals surface area contributed by atoms with Crippen LogP contribution in [0.5, 0.6) is 0 Å². The highest BCUT2D eigenvalue weighted by molar-refractivity contribution is 5.23. The summed E-state index contributed by atoms with van der Waals surface area (Å²) >= 11 is 0. The van der Waals surface area contributed by atoms with Crippen molar-refractivity contribution in [2.45, 2.75) is 24.5 Å². The highest BCUT2D eigenvalue weighted by Crippen LogP contribution is 2.30. The first-order valence-electron chi connectivity index (χ1n) is 5.41. The second-order valence-corrected chi connectivity index (χ2v) is 3.98. The van der Waals surface area contributed by atoms with Crippen molar-refractivity contribution < 1.29 is 14.9 Å². The van der Waals surface area contributed by atoms with Gasteiger partial charge in [0.15, 0.2) is 0 Å². The lowest BCUT2D eigenvalue weighted by atomic mass is 10.1. The topological polar surface area (TPSA) is 159 Å². The molecule has 10 nitrogen and oxygen atoms in total. The Balaban J connectivity index is 2.41. The van der Waals surface area contributed by atoms with Gasteiger partial charge in [-0.3, -0.25) is 4.57 Å². The molecule has 0 bridgehead atoms. The zero-order chi connectivity index (χ0) is 14.0. The third kappa shape index (κ3) is 2.37. The van der Waals surface area contributed by atoms with Gasteiger partial charge >= 0.3 is 5.69 Å². The lowest BCUT2D eigenvalue weighted by molar-refractivity contribution is -0.0464. The molecule has 1 aromatic rings. The zero-order valence-electron chi connectivity index (χ0n) is 9.70. The Bertz CT molecular complexity index is 568. The number of ether oxygens (including phenoxy) is 1. The van der Waals surface area contributed by atoms with Crippen LogP contribution in [-0.2, 0) is 4.74 Å². The Hall–Kier alpha value is -2.13. The van der Waals surface area contributed by atoms with Crippen molar-refractivity contribution in [3.05, 3.63) is 33.2 Å². The van der Waals surface area contributed by atoms with E-state index in [2.05, 4.69) is 15.0 Å². The number of aliphatic hydroxyl groups is 2. The van der Waals surface area contributed by atoms with Crippen molar-refractivity contribution in [1.82, 2.24) is 9.55 Å². The molecule has 0 radical (unpaired) electrons. The van der Waals surface area contributed by atoms with E-state index in [1.165, 1.54) is 12.3 Å². The molecular formula is C9H12N6O4. The summed E-state index contributed by atoms with van der Waals surface area (Å²) < 4.78 is 6.36. The van der Waals surface area contributed by atoms with Crippen molar-refractivity contribution in [1.29, 1.82) is 0 Å². The third-order valence-corrected chi connectivity index (χ3v) is 2.83. The lowest BCUT2D eigenvalue weighted by Gasteiger charge is -2.17. The number of aromatic nitrogens is 2. The van der Waals surface area contributed by atoms with Crippen molar-refractivity contribution in [2.24, 2.45) is 5.11 Å². The van der Waals surface area contributed by atoms with Gasteiger partial charge in [0.1, 0.15) is 24.2 Å². The number of rotatable bonds is 3. The minimum Gasteiger partial charge on any atom is -0.394 e. The number of anilines is 1. The Morgan fingerprint density at radius 1 is 1.68 bits per heavy atom. The second kappa shape index (κ2) is 5.24. The number of nitrogens with zero attached hydrogens (tertiary/aromatic N) is 5. The average molecular weight is 268 g/mol. The van der Waals surface area contributed by atoms with Crippen molar-refractivity contribution in [2.75, 3.05) is 12.3 Å². The maximum atomic E-state index is 11.7. The van der Waals surface area contributed by atoms with E-state index in [0.717, 1.165) is 4.57 Å². The van der Waals surface area contributed by atoms with Gasteiger partial charge in [-0.2, -0.15) is 4.98 Å². The Morgan fingerprint density at radius 2 is 2.42 bits per heavy atom. The van der Waals surface area contributed by atoms with Crippen LogP contribution in [0, 0.1) is 0 Å². The minimum atomic E-state index is -1.21. The molecule has 0 unspecified atom stereocenters. The van der Waals surface area contributed by atoms with E-state index in [9.17, 15) is 9.90 Å². The van der Waals surface area contributed by atoms with Crippen molar-refractivity contribution in [3.8, 4) is 0 Å². The van der Waals surface area contributed by atoms with Gasteiger partial charge in [-0.05, 0) is 11.6 Å². The summed E-state index contributed by atoms with van der Waals surface area (Å²) in [7, 11) is 0. The number of nitrogen functional groups attached to an aromatic ring is 1. The molecule has 19 heavy (non-hydrogen) atoms. The average Bonchev–Trinajstić information content (AvgIpc) is 2.68. The molecule has 2 heterocycles. The molecule has 10 heteroatoms. The van der Waals surface area contributed by atoms with Crippen LogP contribution in [0.15, 0.2) is 22.2 Å². The van der Waals surface area contributed by atoms with E-state index in [4.69, 9.17) is 21.1 Å². The molecule has 4 atom stereocenters. The van der Waals surface area contributed by atoms with E-state index < -0.39 is 36.8 Å². The Labute approximate surface area is 106 Å². The van der Waals surface area contributed by atoms with E-state index >= 15 is 0 Å². The zero-order valence-corrected chi connectivity index (χ0v) is 9.70. The van der Waals surface area contributed by atoms with E-state index in [1.54, 1.807) is 0 Å². The predicted octanol–water partition coefficient (Wildman–Crippen LogP) is -1.24. The highest BCUT2D eigenvalue weighted by Gasteiger charge is 2.44. The fourth-order valence-electron chi connectivity index (χ4n) is 1.91. The maximum Gasteiger partial charge on any atom is 0.351 e. The molecule has 2 rings (SSSR count). The number of azide groups is 1. The quantitative estimate of drug-likeness (QED) is 0.353. The van der Waals surface area contributed by atoms with E-state index in [0.29, 0.717) is 0 Å². The number of aliphatic hydroxyl groups excluding tert-OH is 2. The maximum absolute atomic E-state index is 11.7. The highest BCUT2D eigenvalue weighted by atomic mass is 16.5. The fourth-order valence-corrected chi connectivity index (χ4v) is 1.91. The summed E-state index contributed by atoms with van der Waals surface area (Å²) in [6, 6.07) is 0.335. The molecule has 0 aromatic carbocycles. The predicted molar refractivity (Wildman–Crippen MR) is 62.8 cm³/mol.